The molecule has 0 aliphatic carbocycles. The number of H-pyrrole nitrogens is 1. The number of benzene rings is 2. The van der Waals surface area contributed by atoms with Gasteiger partial charge in [0, 0.05) is 20.5 Å². The van der Waals surface area contributed by atoms with Gasteiger partial charge in [-0.25, -0.2) is 9.67 Å². The highest BCUT2D eigenvalue weighted by atomic mass is 33.1. The summed E-state index contributed by atoms with van der Waals surface area (Å²) in [6.45, 7) is 8.06. The van der Waals surface area contributed by atoms with Crippen molar-refractivity contribution in [1.29, 1.82) is 0 Å². The summed E-state index contributed by atoms with van der Waals surface area (Å²) < 4.78 is 60.2. The Morgan fingerprint density at radius 2 is 1.80 bits per heavy atom. The average Bonchev–Trinajstić information content (AvgIpc) is 3.70. The van der Waals surface area contributed by atoms with Gasteiger partial charge in [0.25, 0.3) is 13.9 Å². The monoisotopic (exact) mass is 815 g/mol. The van der Waals surface area contributed by atoms with Crippen molar-refractivity contribution in [3.8, 4) is 11.8 Å². The number of hydrogen-bond donors (Lipinski definition) is 2. The lowest BCUT2D eigenvalue weighted by Crippen LogP contribution is -2.67. The Labute approximate surface area is 326 Å². The number of nitrogens with zero attached hydrogens (tertiary/aromatic N) is 5. The molecule has 2 N–H and O–H groups in total. The summed E-state index contributed by atoms with van der Waals surface area (Å²) >= 11 is 0. The predicted octanol–water partition coefficient (Wildman–Crippen LogP) is 4.98. The van der Waals surface area contributed by atoms with E-state index in [0.29, 0.717) is 6.42 Å². The molecule has 294 valence electrons. The van der Waals surface area contributed by atoms with Crippen LogP contribution in [0, 0.1) is 11.8 Å². The van der Waals surface area contributed by atoms with Crippen molar-refractivity contribution in [2.24, 2.45) is 4.99 Å². The number of alkyl halides is 3. The third-order valence-corrected chi connectivity index (χ3v) is 15.7. The van der Waals surface area contributed by atoms with Gasteiger partial charge in [0.05, 0.1) is 25.6 Å². The van der Waals surface area contributed by atoms with Crippen LogP contribution in [0.25, 0.3) is 11.0 Å². The van der Waals surface area contributed by atoms with Crippen LogP contribution in [0.2, 0.25) is 5.04 Å². The SMILES string of the molecule is CSS[C@H](C)OC1C[C@H](n2nc(C#CCNC(=O)C(F)(F)F)c3c(=O)[nH]c(/N=C\N(C)C)nc32)O[C@@H]1CO[Si](c1ccccc1)(c1ccccc1)C(C)(C)C. The number of fused-ring (bicyclic) bond motifs is 1. The average molecular weight is 816 g/mol. The zero-order chi connectivity index (χ0) is 40.0. The number of nitrogens with one attached hydrogen (secondary N) is 2. The predicted molar refractivity (Wildman–Crippen MR) is 213 cm³/mol. The van der Waals surface area contributed by atoms with E-state index in [1.54, 1.807) is 45.9 Å². The van der Waals surface area contributed by atoms with Crippen LogP contribution in [0.5, 0.6) is 0 Å². The molecule has 55 heavy (non-hydrogen) atoms. The number of ether oxygens (including phenoxy) is 2. The van der Waals surface area contributed by atoms with Gasteiger partial charge in [-0.05, 0) is 34.5 Å². The lowest BCUT2D eigenvalue weighted by molar-refractivity contribution is -0.173. The number of carbonyl (C=O) groups is 1. The summed E-state index contributed by atoms with van der Waals surface area (Å²) in [7, 11) is 3.67. The Hall–Kier alpha value is -4.12. The van der Waals surface area contributed by atoms with E-state index in [1.165, 1.54) is 11.0 Å². The maximum Gasteiger partial charge on any atom is 0.471 e. The summed E-state index contributed by atoms with van der Waals surface area (Å²) in [6.07, 6.45) is -3.21. The number of aliphatic imine (C=N–C) groups is 1. The van der Waals surface area contributed by atoms with Crippen LogP contribution < -0.4 is 21.2 Å². The first kappa shape index (κ1) is 42.0. The molecule has 1 aliphatic rings. The summed E-state index contributed by atoms with van der Waals surface area (Å²) in [5.41, 5.74) is -0.795. The molecule has 4 aromatic rings. The largest absolute Gasteiger partial charge is 0.471 e. The zero-order valence-corrected chi connectivity index (χ0v) is 34.1. The van der Waals surface area contributed by atoms with Crippen molar-refractivity contribution in [3.05, 3.63) is 76.7 Å². The molecule has 0 bridgehead atoms. The van der Waals surface area contributed by atoms with Gasteiger partial charge in [0.2, 0.25) is 5.95 Å². The summed E-state index contributed by atoms with van der Waals surface area (Å²) in [5, 5.41) is 8.20. The summed E-state index contributed by atoms with van der Waals surface area (Å²) in [6, 6.07) is 20.5. The number of aromatic nitrogens is 4. The molecular formula is C37H44F3N7O5S2Si. The third-order valence-electron chi connectivity index (χ3n) is 8.69. The van der Waals surface area contributed by atoms with Crippen molar-refractivity contribution in [3.63, 3.8) is 0 Å². The topological polar surface area (TPSA) is 136 Å². The highest BCUT2D eigenvalue weighted by molar-refractivity contribution is 8.76. The van der Waals surface area contributed by atoms with Crippen molar-refractivity contribution < 1.29 is 31.9 Å². The van der Waals surface area contributed by atoms with Gasteiger partial charge >= 0.3 is 12.1 Å². The first-order valence-corrected chi connectivity index (χ1v) is 21.9. The Morgan fingerprint density at radius 3 is 2.36 bits per heavy atom. The van der Waals surface area contributed by atoms with Gasteiger partial charge in [-0.2, -0.15) is 23.3 Å². The minimum absolute atomic E-state index is 0.00773. The Bertz CT molecular complexity index is 2040. The van der Waals surface area contributed by atoms with E-state index in [0.717, 1.165) is 10.4 Å². The lowest BCUT2D eigenvalue weighted by atomic mass is 10.2. The van der Waals surface area contributed by atoms with Crippen LogP contribution in [-0.4, -0.2) is 103 Å². The molecule has 4 atom stereocenters. The second-order valence-corrected chi connectivity index (χ2v) is 21.0. The zero-order valence-electron chi connectivity index (χ0n) is 31.5. The van der Waals surface area contributed by atoms with Gasteiger partial charge in [-0.1, -0.05) is 109 Å². The molecule has 2 aromatic carbocycles. The Balaban J connectivity index is 1.56. The van der Waals surface area contributed by atoms with E-state index < -0.39 is 50.9 Å². The fourth-order valence-corrected chi connectivity index (χ4v) is 12.4. The maximum absolute atomic E-state index is 13.5. The van der Waals surface area contributed by atoms with E-state index in [9.17, 15) is 22.8 Å². The quantitative estimate of drug-likeness (QED) is 0.0476. The molecule has 3 heterocycles. The molecule has 1 aliphatic heterocycles. The van der Waals surface area contributed by atoms with Crippen LogP contribution in [0.4, 0.5) is 19.1 Å². The van der Waals surface area contributed by atoms with Crippen molar-refractivity contribution in [1.82, 2.24) is 30.0 Å². The minimum Gasteiger partial charge on any atom is -0.405 e. The van der Waals surface area contributed by atoms with Gasteiger partial charge in [0.1, 0.15) is 16.9 Å². The second-order valence-electron chi connectivity index (χ2n) is 13.9. The van der Waals surface area contributed by atoms with Crippen LogP contribution in [0.15, 0.2) is 70.5 Å². The fraction of sp³-hybridized carbons (Fsp3) is 0.432. The van der Waals surface area contributed by atoms with E-state index in [2.05, 4.69) is 76.9 Å². The smallest absolute Gasteiger partial charge is 0.405 e. The van der Waals surface area contributed by atoms with E-state index in [1.807, 2.05) is 49.6 Å². The molecule has 0 saturated carbocycles. The Kier molecular flexibility index (Phi) is 13.6. The first-order valence-electron chi connectivity index (χ1n) is 17.4. The van der Waals surface area contributed by atoms with Crippen molar-refractivity contribution in [2.75, 3.05) is 33.5 Å². The molecule has 0 spiro atoms. The molecule has 18 heteroatoms. The van der Waals surface area contributed by atoms with E-state index >= 15 is 0 Å². The number of carbonyl (C=O) groups excluding carboxylic acids is 1. The first-order chi connectivity index (χ1) is 26.0. The van der Waals surface area contributed by atoms with Gasteiger partial charge in [-0.15, -0.1) is 0 Å². The van der Waals surface area contributed by atoms with Gasteiger partial charge in [0.15, 0.2) is 17.6 Å². The van der Waals surface area contributed by atoms with Gasteiger partial charge in [-0.3, -0.25) is 14.6 Å². The summed E-state index contributed by atoms with van der Waals surface area (Å²) in [4.78, 5) is 37.9. The highest BCUT2D eigenvalue weighted by Crippen LogP contribution is 2.40. The molecule has 2 aromatic heterocycles. The fourth-order valence-electron chi connectivity index (χ4n) is 6.42. The minimum atomic E-state index is -5.07. The Morgan fingerprint density at radius 1 is 1.16 bits per heavy atom. The second kappa shape index (κ2) is 17.8. The van der Waals surface area contributed by atoms with Crippen molar-refractivity contribution in [2.45, 2.75) is 69.2 Å². The summed E-state index contributed by atoms with van der Waals surface area (Å²) in [5.74, 6) is 2.96. The molecule has 12 nitrogen and oxygen atoms in total. The van der Waals surface area contributed by atoms with Crippen molar-refractivity contribution >= 4 is 69.5 Å². The molecule has 1 unspecified atom stereocenters. The number of halogens is 3. The normalized spacial score (nSPS) is 18.3. The number of rotatable bonds is 13. The maximum atomic E-state index is 13.5. The van der Waals surface area contributed by atoms with E-state index in [-0.39, 0.29) is 39.8 Å². The third kappa shape index (κ3) is 9.82. The van der Waals surface area contributed by atoms with Crippen LogP contribution in [0.1, 0.15) is 46.0 Å². The highest BCUT2D eigenvalue weighted by Gasteiger charge is 2.51. The lowest BCUT2D eigenvalue weighted by Gasteiger charge is -2.43. The number of aromatic amines is 1. The molecular weight excluding hydrogens is 772 g/mol. The number of amides is 1. The molecule has 1 fully saturated rings. The van der Waals surface area contributed by atoms with Crippen LogP contribution >= 0.6 is 21.6 Å². The van der Waals surface area contributed by atoms with Crippen LogP contribution in [-0.2, 0) is 18.7 Å². The van der Waals surface area contributed by atoms with Gasteiger partial charge < -0.3 is 24.1 Å². The van der Waals surface area contributed by atoms with Crippen LogP contribution in [0.3, 0.4) is 0 Å². The van der Waals surface area contributed by atoms with E-state index in [4.69, 9.17) is 13.9 Å². The molecule has 5 rings (SSSR count). The molecule has 1 amide bonds. The molecule has 1 saturated heterocycles. The standard InChI is InChI=1S/C37H44F3N7O5S2Si/c1-24(54-53-7)51-28-21-30(52-29(28)22-50-55(36(2,3)4,25-15-10-8-11-16-25)26-17-12-9-13-18-26)47-32-31(33(48)44-35(43-32)42-23-46(5)6)27(45-47)19-14-20-41-34(49)37(38,39)40/h8-13,15-18,23-24,28-30H,20-22H2,1-7H3,(H,41,49)(H,43,44,48)/b42-23-/t24-,28?,29-,30-/m1/s1. The number of hydrogen-bond acceptors (Lipinski definition) is 10. The molecule has 0 radical (unpaired) electrons.